The van der Waals surface area contributed by atoms with Gasteiger partial charge in [0.15, 0.2) is 11.5 Å². The van der Waals surface area contributed by atoms with Crippen LogP contribution >= 0.6 is 0 Å². The summed E-state index contributed by atoms with van der Waals surface area (Å²) in [5.74, 6) is 0.176. The molecule has 34 heavy (non-hydrogen) atoms. The van der Waals surface area contributed by atoms with Gasteiger partial charge in [-0.1, -0.05) is 30.3 Å². The minimum atomic E-state index is -0.289. The molecule has 3 rings (SSSR count). The Balaban J connectivity index is 1.55. The van der Waals surface area contributed by atoms with Gasteiger partial charge in [0.25, 0.3) is 5.91 Å². The van der Waals surface area contributed by atoms with Crippen molar-refractivity contribution < 1.29 is 28.6 Å². The van der Waals surface area contributed by atoms with Gasteiger partial charge in [-0.2, -0.15) is 0 Å². The quantitative estimate of drug-likeness (QED) is 0.526. The molecule has 0 radical (unpaired) electrons. The predicted molar refractivity (Wildman–Crippen MR) is 127 cm³/mol. The summed E-state index contributed by atoms with van der Waals surface area (Å²) in [5.41, 5.74) is 1.43. The zero-order valence-electron chi connectivity index (χ0n) is 20.0. The van der Waals surface area contributed by atoms with E-state index in [1.165, 1.54) is 12.0 Å². The van der Waals surface area contributed by atoms with Crippen molar-refractivity contribution in [2.24, 2.45) is 5.92 Å². The summed E-state index contributed by atoms with van der Waals surface area (Å²) in [6.45, 7) is 3.43. The predicted octanol–water partition coefficient (Wildman–Crippen LogP) is 3.15. The Bertz CT molecular complexity index is 986. The Kier molecular flexibility index (Phi) is 8.90. The highest BCUT2D eigenvalue weighted by Crippen LogP contribution is 2.29. The lowest BCUT2D eigenvalue weighted by atomic mass is 9.97. The van der Waals surface area contributed by atoms with Gasteiger partial charge in [-0.25, -0.2) is 0 Å². The third-order valence-electron chi connectivity index (χ3n) is 5.83. The number of hydrogen-bond acceptors (Lipinski definition) is 6. The smallest absolute Gasteiger partial charge is 0.309 e. The first-order valence-corrected chi connectivity index (χ1v) is 11.5. The summed E-state index contributed by atoms with van der Waals surface area (Å²) in [7, 11) is 3.12. The standard InChI is InChI=1S/C26H32N2O6/c1-4-33-26(31)20-12-14-28(15-13-20)24(29)17-27(2)25(30)21-10-11-22(23(16-21)32-3)34-18-19-8-6-5-7-9-19/h5-11,16,20H,4,12-15,17-18H2,1-3H3. The first-order chi connectivity index (χ1) is 16.4. The fourth-order valence-electron chi connectivity index (χ4n) is 3.87. The minimum Gasteiger partial charge on any atom is -0.493 e. The molecular formula is C26H32N2O6. The summed E-state index contributed by atoms with van der Waals surface area (Å²) in [5, 5.41) is 0. The van der Waals surface area contributed by atoms with Crippen LogP contribution in [-0.2, 0) is 20.9 Å². The number of nitrogens with zero attached hydrogens (tertiary/aromatic N) is 2. The number of piperidine rings is 1. The summed E-state index contributed by atoms with van der Waals surface area (Å²) in [4.78, 5) is 40.6. The van der Waals surface area contributed by atoms with Crippen LogP contribution in [0, 0.1) is 5.92 Å². The number of carbonyl (C=O) groups is 3. The molecule has 0 aromatic heterocycles. The molecule has 0 aliphatic carbocycles. The van der Waals surface area contributed by atoms with Crippen LogP contribution in [0.3, 0.4) is 0 Å². The maximum absolute atomic E-state index is 12.9. The third kappa shape index (κ3) is 6.50. The number of methoxy groups -OCH3 is 1. The van der Waals surface area contributed by atoms with E-state index in [-0.39, 0.29) is 30.2 Å². The number of likely N-dealkylation sites (N-methyl/N-ethyl adjacent to an activating group) is 1. The number of ether oxygens (including phenoxy) is 3. The number of esters is 1. The van der Waals surface area contributed by atoms with E-state index in [1.54, 1.807) is 37.1 Å². The van der Waals surface area contributed by atoms with E-state index in [4.69, 9.17) is 14.2 Å². The molecule has 1 fully saturated rings. The van der Waals surface area contributed by atoms with Crippen LogP contribution in [0.5, 0.6) is 11.5 Å². The zero-order valence-corrected chi connectivity index (χ0v) is 20.0. The zero-order chi connectivity index (χ0) is 24.5. The van der Waals surface area contributed by atoms with Crippen molar-refractivity contribution in [1.82, 2.24) is 9.80 Å². The molecule has 0 atom stereocenters. The van der Waals surface area contributed by atoms with Gasteiger partial charge in [0.05, 0.1) is 26.2 Å². The molecule has 8 nitrogen and oxygen atoms in total. The number of benzene rings is 2. The fourth-order valence-corrected chi connectivity index (χ4v) is 3.87. The summed E-state index contributed by atoms with van der Waals surface area (Å²) in [6.07, 6.45) is 1.15. The second-order valence-electron chi connectivity index (χ2n) is 8.21. The molecule has 8 heteroatoms. The average Bonchev–Trinajstić information content (AvgIpc) is 2.87. The summed E-state index contributed by atoms with van der Waals surface area (Å²) >= 11 is 0. The number of amides is 2. The van der Waals surface area contributed by atoms with Crippen LogP contribution in [-0.4, -0.2) is 68.0 Å². The van der Waals surface area contributed by atoms with Crippen molar-refractivity contribution >= 4 is 17.8 Å². The van der Waals surface area contributed by atoms with Crippen LogP contribution in [0.15, 0.2) is 48.5 Å². The Morgan fingerprint density at radius 3 is 2.38 bits per heavy atom. The molecule has 0 spiro atoms. The Morgan fingerprint density at radius 1 is 1.03 bits per heavy atom. The lowest BCUT2D eigenvalue weighted by Gasteiger charge is -2.32. The van der Waals surface area contributed by atoms with Crippen molar-refractivity contribution in [1.29, 1.82) is 0 Å². The van der Waals surface area contributed by atoms with E-state index >= 15 is 0 Å². The molecule has 182 valence electrons. The van der Waals surface area contributed by atoms with Gasteiger partial charge >= 0.3 is 5.97 Å². The van der Waals surface area contributed by atoms with Gasteiger partial charge in [-0.15, -0.1) is 0 Å². The Labute approximate surface area is 200 Å². The second-order valence-corrected chi connectivity index (χ2v) is 8.21. The van der Waals surface area contributed by atoms with Crippen molar-refractivity contribution in [3.8, 4) is 11.5 Å². The highest BCUT2D eigenvalue weighted by atomic mass is 16.5. The van der Waals surface area contributed by atoms with Gasteiger partial charge in [-0.05, 0) is 43.5 Å². The summed E-state index contributed by atoms with van der Waals surface area (Å²) in [6, 6.07) is 14.7. The highest BCUT2D eigenvalue weighted by Gasteiger charge is 2.29. The van der Waals surface area contributed by atoms with E-state index in [2.05, 4.69) is 0 Å². The molecule has 0 unspecified atom stereocenters. The topological polar surface area (TPSA) is 85.4 Å². The monoisotopic (exact) mass is 468 g/mol. The molecule has 0 bridgehead atoms. The third-order valence-corrected chi connectivity index (χ3v) is 5.83. The van der Waals surface area contributed by atoms with Gasteiger partial charge < -0.3 is 24.0 Å². The van der Waals surface area contributed by atoms with E-state index in [0.717, 1.165) is 5.56 Å². The van der Waals surface area contributed by atoms with Crippen LogP contribution in [0.25, 0.3) is 0 Å². The maximum atomic E-state index is 12.9. The van der Waals surface area contributed by atoms with E-state index < -0.39 is 0 Å². The van der Waals surface area contributed by atoms with Crippen LogP contribution in [0.2, 0.25) is 0 Å². The van der Waals surface area contributed by atoms with Crippen molar-refractivity contribution in [2.45, 2.75) is 26.4 Å². The summed E-state index contributed by atoms with van der Waals surface area (Å²) < 4.78 is 16.3. The second kappa shape index (κ2) is 12.1. The molecule has 0 saturated carbocycles. The molecular weight excluding hydrogens is 436 g/mol. The molecule has 1 aliphatic rings. The SMILES string of the molecule is CCOC(=O)C1CCN(C(=O)CN(C)C(=O)c2ccc(OCc3ccccc3)c(OC)c2)CC1. The number of carbonyl (C=O) groups excluding carboxylic acids is 3. The number of likely N-dealkylation sites (tertiary alicyclic amines) is 1. The maximum Gasteiger partial charge on any atom is 0.309 e. The Morgan fingerprint density at radius 2 is 1.74 bits per heavy atom. The first kappa shape index (κ1) is 25.1. The average molecular weight is 469 g/mol. The lowest BCUT2D eigenvalue weighted by Crippen LogP contribution is -2.45. The molecule has 2 aromatic carbocycles. The fraction of sp³-hybridized carbons (Fsp3) is 0.423. The largest absolute Gasteiger partial charge is 0.493 e. The van der Waals surface area contributed by atoms with E-state index in [0.29, 0.717) is 56.2 Å². The van der Waals surface area contributed by atoms with E-state index in [1.807, 2.05) is 30.3 Å². The highest BCUT2D eigenvalue weighted by molar-refractivity contribution is 5.97. The molecule has 0 N–H and O–H groups in total. The Hall–Kier alpha value is -3.55. The van der Waals surface area contributed by atoms with Gasteiger partial charge in [0.1, 0.15) is 6.61 Å². The van der Waals surface area contributed by atoms with Crippen LogP contribution in [0.4, 0.5) is 0 Å². The number of hydrogen-bond donors (Lipinski definition) is 0. The van der Waals surface area contributed by atoms with Gasteiger partial charge in [-0.3, -0.25) is 14.4 Å². The molecule has 2 aromatic rings. The van der Waals surface area contributed by atoms with Crippen molar-refractivity contribution in [3.05, 3.63) is 59.7 Å². The normalized spacial score (nSPS) is 13.8. The van der Waals surface area contributed by atoms with Crippen LogP contribution < -0.4 is 9.47 Å². The van der Waals surface area contributed by atoms with Crippen LogP contribution in [0.1, 0.15) is 35.7 Å². The molecule has 1 heterocycles. The van der Waals surface area contributed by atoms with E-state index in [9.17, 15) is 14.4 Å². The molecule has 1 aliphatic heterocycles. The van der Waals surface area contributed by atoms with Crippen molar-refractivity contribution in [2.75, 3.05) is 40.4 Å². The lowest BCUT2D eigenvalue weighted by molar-refractivity contribution is -0.151. The first-order valence-electron chi connectivity index (χ1n) is 11.5. The van der Waals surface area contributed by atoms with Crippen molar-refractivity contribution in [3.63, 3.8) is 0 Å². The number of rotatable bonds is 9. The minimum absolute atomic E-state index is 0.0442. The van der Waals surface area contributed by atoms with Gasteiger partial charge in [0, 0.05) is 25.7 Å². The molecule has 2 amide bonds. The van der Waals surface area contributed by atoms with Gasteiger partial charge in [0.2, 0.25) is 5.91 Å². The molecule has 1 saturated heterocycles.